The van der Waals surface area contributed by atoms with Crippen molar-refractivity contribution in [3.63, 3.8) is 0 Å². The highest BCUT2D eigenvalue weighted by Gasteiger charge is 2.25. The predicted octanol–water partition coefficient (Wildman–Crippen LogP) is 0.781. The highest BCUT2D eigenvalue weighted by molar-refractivity contribution is 5.81. The number of para-hydroxylation sites is 1. The Morgan fingerprint density at radius 1 is 1.04 bits per heavy atom. The molecule has 0 bridgehead atoms. The second-order valence-corrected chi connectivity index (χ2v) is 5.62. The van der Waals surface area contributed by atoms with Gasteiger partial charge in [-0.1, -0.05) is 12.1 Å². The van der Waals surface area contributed by atoms with Gasteiger partial charge in [0.05, 0.1) is 12.2 Å². The smallest absolute Gasteiger partial charge is 0.409 e. The normalized spacial score (nSPS) is 13.5. The minimum absolute atomic E-state index is 0.276. The van der Waals surface area contributed by atoms with Crippen molar-refractivity contribution < 1.29 is 28.6 Å². The summed E-state index contributed by atoms with van der Waals surface area (Å²) in [6, 6.07) is 8.46. The monoisotopic (exact) mass is 375 g/mol. The molecule has 1 heterocycles. The number of nitriles is 1. The van der Waals surface area contributed by atoms with Crippen molar-refractivity contribution in [3.8, 4) is 11.8 Å². The van der Waals surface area contributed by atoms with Gasteiger partial charge in [-0.15, -0.1) is 0 Å². The largest absolute Gasteiger partial charge is 0.481 e. The van der Waals surface area contributed by atoms with Crippen LogP contribution in [0, 0.1) is 11.3 Å². The lowest BCUT2D eigenvalue weighted by molar-refractivity contribution is -0.154. The fraction of sp³-hybridized carbons (Fsp3) is 0.444. The summed E-state index contributed by atoms with van der Waals surface area (Å²) < 4.78 is 15.1. The Hall–Kier alpha value is -3.28. The minimum Gasteiger partial charge on any atom is -0.481 e. The maximum absolute atomic E-state index is 12.1. The zero-order valence-corrected chi connectivity index (χ0v) is 15.1. The molecule has 0 spiro atoms. The highest BCUT2D eigenvalue weighted by atomic mass is 16.6. The fourth-order valence-corrected chi connectivity index (χ4v) is 2.45. The van der Waals surface area contributed by atoms with Gasteiger partial charge in [-0.05, 0) is 19.1 Å². The zero-order valence-electron chi connectivity index (χ0n) is 15.1. The third-order valence-electron chi connectivity index (χ3n) is 3.87. The second kappa shape index (κ2) is 10.0. The molecule has 1 aliphatic heterocycles. The molecule has 1 saturated heterocycles. The number of rotatable bonds is 6. The Kier molecular flexibility index (Phi) is 7.43. The molecule has 1 aromatic carbocycles. The molecular formula is C18H21N3O6. The zero-order chi connectivity index (χ0) is 19.6. The first kappa shape index (κ1) is 20.0. The molecule has 0 radical (unpaired) electrons. The lowest BCUT2D eigenvalue weighted by atomic mass is 10.2. The molecule has 2 amide bonds. The Morgan fingerprint density at radius 2 is 1.70 bits per heavy atom. The molecule has 1 aromatic rings. The molecule has 9 heteroatoms. The molecule has 0 aliphatic carbocycles. The first-order valence-corrected chi connectivity index (χ1v) is 8.52. The van der Waals surface area contributed by atoms with Gasteiger partial charge in [0.25, 0.3) is 5.91 Å². The standard InChI is InChI=1S/C18H21N3O6/c1-2-25-18(24)21-9-7-20(8-10-21)16(22)12-27-17(23)13-26-15-6-4-3-5-14(15)11-19/h3-6H,2,7-10,12-13H2,1H3. The summed E-state index contributed by atoms with van der Waals surface area (Å²) in [5, 5.41) is 8.96. The molecule has 144 valence electrons. The molecule has 2 rings (SSSR count). The number of carbonyl (C=O) groups is 3. The summed E-state index contributed by atoms with van der Waals surface area (Å²) in [5.41, 5.74) is 0.306. The summed E-state index contributed by atoms with van der Waals surface area (Å²) in [7, 11) is 0. The molecule has 0 unspecified atom stereocenters. The van der Waals surface area contributed by atoms with E-state index in [4.69, 9.17) is 19.5 Å². The summed E-state index contributed by atoms with van der Waals surface area (Å²) in [6.07, 6.45) is -0.397. The minimum atomic E-state index is -0.707. The van der Waals surface area contributed by atoms with Crippen molar-refractivity contribution in [3.05, 3.63) is 29.8 Å². The van der Waals surface area contributed by atoms with Gasteiger partial charge < -0.3 is 24.0 Å². The van der Waals surface area contributed by atoms with Crippen LogP contribution >= 0.6 is 0 Å². The van der Waals surface area contributed by atoms with E-state index in [9.17, 15) is 14.4 Å². The van der Waals surface area contributed by atoms with E-state index < -0.39 is 25.3 Å². The highest BCUT2D eigenvalue weighted by Crippen LogP contribution is 2.16. The molecule has 0 N–H and O–H groups in total. The first-order valence-electron chi connectivity index (χ1n) is 8.52. The van der Waals surface area contributed by atoms with E-state index in [0.717, 1.165) is 0 Å². The van der Waals surface area contributed by atoms with E-state index in [1.165, 1.54) is 9.80 Å². The van der Waals surface area contributed by atoms with Crippen LogP contribution < -0.4 is 4.74 Å². The predicted molar refractivity (Wildman–Crippen MR) is 92.8 cm³/mol. The Balaban J connectivity index is 1.70. The van der Waals surface area contributed by atoms with E-state index in [1.807, 2.05) is 6.07 Å². The van der Waals surface area contributed by atoms with Gasteiger partial charge in [-0.3, -0.25) is 4.79 Å². The van der Waals surface area contributed by atoms with E-state index in [1.54, 1.807) is 31.2 Å². The van der Waals surface area contributed by atoms with Crippen LogP contribution in [-0.4, -0.2) is 73.8 Å². The number of hydrogen-bond acceptors (Lipinski definition) is 7. The van der Waals surface area contributed by atoms with Crippen molar-refractivity contribution in [1.82, 2.24) is 9.80 Å². The third-order valence-corrected chi connectivity index (χ3v) is 3.87. The summed E-state index contributed by atoms with van der Waals surface area (Å²) >= 11 is 0. The van der Waals surface area contributed by atoms with Crippen LogP contribution in [0.3, 0.4) is 0 Å². The maximum Gasteiger partial charge on any atom is 0.409 e. The third kappa shape index (κ3) is 5.88. The molecular weight excluding hydrogens is 354 g/mol. The average molecular weight is 375 g/mol. The van der Waals surface area contributed by atoms with Crippen LogP contribution in [-0.2, 0) is 19.1 Å². The van der Waals surface area contributed by atoms with Crippen molar-refractivity contribution in [2.45, 2.75) is 6.92 Å². The molecule has 1 aliphatic rings. The molecule has 0 saturated carbocycles. The number of benzene rings is 1. The molecule has 0 atom stereocenters. The van der Waals surface area contributed by atoms with Crippen LogP contribution in [0.25, 0.3) is 0 Å². The summed E-state index contributed by atoms with van der Waals surface area (Å²) in [6.45, 7) is 2.66. The number of ether oxygens (including phenoxy) is 3. The summed E-state index contributed by atoms with van der Waals surface area (Å²) in [5.74, 6) is -0.774. The molecule has 1 fully saturated rings. The lowest BCUT2D eigenvalue weighted by Gasteiger charge is -2.33. The lowest BCUT2D eigenvalue weighted by Crippen LogP contribution is -2.51. The Morgan fingerprint density at radius 3 is 2.37 bits per heavy atom. The van der Waals surface area contributed by atoms with Gasteiger partial charge in [0.2, 0.25) is 0 Å². The van der Waals surface area contributed by atoms with E-state index in [2.05, 4.69) is 0 Å². The van der Waals surface area contributed by atoms with E-state index in [0.29, 0.717) is 38.3 Å². The van der Waals surface area contributed by atoms with Crippen molar-refractivity contribution in [1.29, 1.82) is 5.26 Å². The average Bonchev–Trinajstić information content (AvgIpc) is 2.70. The van der Waals surface area contributed by atoms with Gasteiger partial charge >= 0.3 is 12.1 Å². The number of amides is 2. The summed E-state index contributed by atoms with van der Waals surface area (Å²) in [4.78, 5) is 38.5. The number of nitrogens with zero attached hydrogens (tertiary/aromatic N) is 3. The SMILES string of the molecule is CCOC(=O)N1CCN(C(=O)COC(=O)COc2ccccc2C#N)CC1. The van der Waals surface area contributed by atoms with Gasteiger partial charge in [0.15, 0.2) is 13.2 Å². The van der Waals surface area contributed by atoms with Crippen LogP contribution in [0.15, 0.2) is 24.3 Å². The number of carbonyl (C=O) groups excluding carboxylic acids is 3. The molecule has 27 heavy (non-hydrogen) atoms. The van der Waals surface area contributed by atoms with Crippen LogP contribution in [0.2, 0.25) is 0 Å². The quantitative estimate of drug-likeness (QED) is 0.676. The molecule has 9 nitrogen and oxygen atoms in total. The van der Waals surface area contributed by atoms with Gasteiger partial charge in [0.1, 0.15) is 11.8 Å². The number of piperazine rings is 1. The van der Waals surface area contributed by atoms with E-state index in [-0.39, 0.29) is 11.7 Å². The van der Waals surface area contributed by atoms with Crippen LogP contribution in [0.1, 0.15) is 12.5 Å². The Bertz CT molecular complexity index is 722. The first-order chi connectivity index (χ1) is 13.0. The van der Waals surface area contributed by atoms with Gasteiger partial charge in [0, 0.05) is 26.2 Å². The van der Waals surface area contributed by atoms with Crippen molar-refractivity contribution in [2.75, 3.05) is 46.0 Å². The van der Waals surface area contributed by atoms with E-state index >= 15 is 0 Å². The van der Waals surface area contributed by atoms with Crippen molar-refractivity contribution >= 4 is 18.0 Å². The maximum atomic E-state index is 12.1. The second-order valence-electron chi connectivity index (χ2n) is 5.62. The van der Waals surface area contributed by atoms with Crippen molar-refractivity contribution in [2.24, 2.45) is 0 Å². The van der Waals surface area contributed by atoms with Crippen LogP contribution in [0.5, 0.6) is 5.75 Å². The van der Waals surface area contributed by atoms with Gasteiger partial charge in [-0.25, -0.2) is 9.59 Å². The number of esters is 1. The van der Waals surface area contributed by atoms with Crippen LogP contribution in [0.4, 0.5) is 4.79 Å². The Labute approximate surface area is 157 Å². The van der Waals surface area contributed by atoms with Gasteiger partial charge in [-0.2, -0.15) is 5.26 Å². The topological polar surface area (TPSA) is 109 Å². The fourth-order valence-electron chi connectivity index (χ4n) is 2.45. The molecule has 0 aromatic heterocycles. The number of hydrogen-bond donors (Lipinski definition) is 0.